The molecule has 0 aromatic rings. The van der Waals surface area contributed by atoms with E-state index in [-0.39, 0.29) is 35.5 Å². The van der Waals surface area contributed by atoms with Crippen molar-refractivity contribution < 1.29 is 14.3 Å². The maximum atomic E-state index is 12.1. The molecule has 2 saturated heterocycles. The first kappa shape index (κ1) is 16.2. The molecule has 120 valence electrons. The third kappa shape index (κ3) is 4.17. The van der Waals surface area contributed by atoms with Crippen molar-refractivity contribution in [3.05, 3.63) is 0 Å². The molecule has 21 heavy (non-hydrogen) atoms. The summed E-state index contributed by atoms with van der Waals surface area (Å²) < 4.78 is 5.76. The Morgan fingerprint density at radius 3 is 2.52 bits per heavy atom. The van der Waals surface area contributed by atoms with Crippen LogP contribution in [0.15, 0.2) is 0 Å². The molecular formula is C15H27N3O3. The van der Waals surface area contributed by atoms with Gasteiger partial charge in [0.2, 0.25) is 11.8 Å². The molecule has 0 aromatic heterocycles. The number of hydrogen-bond donors (Lipinski definition) is 2. The highest BCUT2D eigenvalue weighted by Gasteiger charge is 2.34. The smallest absolute Gasteiger partial charge is 0.225 e. The summed E-state index contributed by atoms with van der Waals surface area (Å²) in [5.41, 5.74) is -0.127. The van der Waals surface area contributed by atoms with Crippen LogP contribution in [0.4, 0.5) is 0 Å². The Morgan fingerprint density at radius 2 is 2.00 bits per heavy atom. The number of rotatable bonds is 4. The van der Waals surface area contributed by atoms with Crippen LogP contribution in [-0.4, -0.2) is 60.6 Å². The van der Waals surface area contributed by atoms with Crippen LogP contribution in [-0.2, 0) is 14.3 Å². The van der Waals surface area contributed by atoms with Crippen molar-refractivity contribution in [2.24, 2.45) is 5.92 Å². The van der Waals surface area contributed by atoms with E-state index < -0.39 is 0 Å². The molecule has 2 aliphatic heterocycles. The summed E-state index contributed by atoms with van der Waals surface area (Å²) in [7, 11) is 0. The molecule has 0 bridgehead atoms. The Kier molecular flexibility index (Phi) is 4.88. The third-order valence-corrected chi connectivity index (χ3v) is 4.32. The molecule has 2 heterocycles. The van der Waals surface area contributed by atoms with E-state index in [1.807, 2.05) is 0 Å². The van der Waals surface area contributed by atoms with Gasteiger partial charge in [0.25, 0.3) is 0 Å². The van der Waals surface area contributed by atoms with E-state index in [0.29, 0.717) is 19.5 Å². The zero-order valence-corrected chi connectivity index (χ0v) is 13.4. The van der Waals surface area contributed by atoms with Gasteiger partial charge in [-0.1, -0.05) is 0 Å². The molecule has 2 aliphatic rings. The molecule has 0 spiro atoms. The lowest BCUT2D eigenvalue weighted by Gasteiger charge is -2.45. The number of nitrogens with one attached hydrogen (secondary N) is 2. The van der Waals surface area contributed by atoms with Gasteiger partial charge < -0.3 is 15.4 Å². The standard InChI is InChI=1S/C15H27N3O3/c1-10-7-18(8-11(2)21-10)15(3,4)9-17-14(20)12-5-13(19)16-6-12/h10-12H,5-9H2,1-4H3,(H,16,19)(H,17,20). The van der Waals surface area contributed by atoms with Crippen molar-refractivity contribution in [1.82, 2.24) is 15.5 Å². The fourth-order valence-corrected chi connectivity index (χ4v) is 3.02. The van der Waals surface area contributed by atoms with Crippen LogP contribution in [0.25, 0.3) is 0 Å². The van der Waals surface area contributed by atoms with Gasteiger partial charge in [0.1, 0.15) is 0 Å². The molecule has 2 amide bonds. The van der Waals surface area contributed by atoms with Gasteiger partial charge >= 0.3 is 0 Å². The zero-order chi connectivity index (χ0) is 15.6. The van der Waals surface area contributed by atoms with Gasteiger partial charge in [-0.05, 0) is 27.7 Å². The average Bonchev–Trinajstić information content (AvgIpc) is 2.82. The topological polar surface area (TPSA) is 70.7 Å². The lowest BCUT2D eigenvalue weighted by molar-refractivity contribution is -0.127. The van der Waals surface area contributed by atoms with Crippen LogP contribution in [0.3, 0.4) is 0 Å². The van der Waals surface area contributed by atoms with E-state index in [4.69, 9.17) is 4.74 Å². The molecule has 3 unspecified atom stereocenters. The first-order valence-electron chi connectivity index (χ1n) is 7.73. The van der Waals surface area contributed by atoms with Gasteiger partial charge in [-0.3, -0.25) is 14.5 Å². The molecule has 0 aliphatic carbocycles. The summed E-state index contributed by atoms with van der Waals surface area (Å²) in [5, 5.41) is 5.69. The minimum atomic E-state index is -0.226. The minimum Gasteiger partial charge on any atom is -0.373 e. The summed E-state index contributed by atoms with van der Waals surface area (Å²) in [6.45, 7) is 11.2. The molecule has 6 heteroatoms. The Bertz CT molecular complexity index is 401. The zero-order valence-electron chi connectivity index (χ0n) is 13.4. The number of nitrogens with zero attached hydrogens (tertiary/aromatic N) is 1. The van der Waals surface area contributed by atoms with E-state index in [1.165, 1.54) is 0 Å². The van der Waals surface area contributed by atoms with Crippen molar-refractivity contribution in [2.45, 2.75) is 51.9 Å². The molecular weight excluding hydrogens is 270 g/mol. The minimum absolute atomic E-state index is 0.0317. The fraction of sp³-hybridized carbons (Fsp3) is 0.867. The summed E-state index contributed by atoms with van der Waals surface area (Å²) in [4.78, 5) is 25.6. The van der Waals surface area contributed by atoms with Crippen molar-refractivity contribution >= 4 is 11.8 Å². The maximum Gasteiger partial charge on any atom is 0.225 e. The summed E-state index contributed by atoms with van der Waals surface area (Å²) in [5.74, 6) is -0.295. The van der Waals surface area contributed by atoms with Gasteiger partial charge in [0.05, 0.1) is 18.1 Å². The SMILES string of the molecule is CC1CN(C(C)(C)CNC(=O)C2CNC(=O)C2)CC(C)O1. The van der Waals surface area contributed by atoms with Crippen LogP contribution in [0.2, 0.25) is 0 Å². The van der Waals surface area contributed by atoms with Crippen LogP contribution in [0.1, 0.15) is 34.1 Å². The largest absolute Gasteiger partial charge is 0.373 e. The number of hydrogen-bond acceptors (Lipinski definition) is 4. The Morgan fingerprint density at radius 1 is 1.38 bits per heavy atom. The maximum absolute atomic E-state index is 12.1. The fourth-order valence-electron chi connectivity index (χ4n) is 3.02. The monoisotopic (exact) mass is 297 g/mol. The second-order valence-corrected chi connectivity index (χ2v) is 6.90. The van der Waals surface area contributed by atoms with Gasteiger partial charge in [-0.15, -0.1) is 0 Å². The highest BCUT2D eigenvalue weighted by Crippen LogP contribution is 2.21. The third-order valence-electron chi connectivity index (χ3n) is 4.32. The first-order valence-corrected chi connectivity index (χ1v) is 7.73. The van der Waals surface area contributed by atoms with Crippen molar-refractivity contribution in [2.75, 3.05) is 26.2 Å². The number of ether oxygens (including phenoxy) is 1. The Hall–Kier alpha value is -1.14. The van der Waals surface area contributed by atoms with Crippen LogP contribution >= 0.6 is 0 Å². The van der Waals surface area contributed by atoms with E-state index >= 15 is 0 Å². The van der Waals surface area contributed by atoms with E-state index in [0.717, 1.165) is 13.1 Å². The highest BCUT2D eigenvalue weighted by molar-refractivity contribution is 5.89. The summed E-state index contributed by atoms with van der Waals surface area (Å²) in [6.07, 6.45) is 0.721. The second-order valence-electron chi connectivity index (χ2n) is 6.90. The Balaban J connectivity index is 1.85. The number of morpholine rings is 1. The van der Waals surface area contributed by atoms with Crippen molar-refractivity contribution in [3.63, 3.8) is 0 Å². The van der Waals surface area contributed by atoms with Crippen molar-refractivity contribution in [1.29, 1.82) is 0 Å². The summed E-state index contributed by atoms with van der Waals surface area (Å²) in [6, 6.07) is 0. The van der Waals surface area contributed by atoms with Gasteiger partial charge in [0.15, 0.2) is 0 Å². The van der Waals surface area contributed by atoms with E-state index in [2.05, 4.69) is 43.2 Å². The number of carbonyl (C=O) groups excluding carboxylic acids is 2. The van der Waals surface area contributed by atoms with Crippen LogP contribution in [0, 0.1) is 5.92 Å². The quantitative estimate of drug-likeness (QED) is 0.773. The summed E-state index contributed by atoms with van der Waals surface area (Å²) >= 11 is 0. The van der Waals surface area contributed by atoms with Crippen LogP contribution < -0.4 is 10.6 Å². The normalized spacial score (nSPS) is 31.0. The molecule has 2 rings (SSSR count). The van der Waals surface area contributed by atoms with Crippen molar-refractivity contribution in [3.8, 4) is 0 Å². The lowest BCUT2D eigenvalue weighted by atomic mass is 9.99. The molecule has 0 saturated carbocycles. The lowest BCUT2D eigenvalue weighted by Crippen LogP contribution is -2.59. The highest BCUT2D eigenvalue weighted by atomic mass is 16.5. The van der Waals surface area contributed by atoms with Gasteiger partial charge in [0, 0.05) is 38.1 Å². The predicted octanol–water partition coefficient (Wildman–Crippen LogP) is 0.127. The molecule has 6 nitrogen and oxygen atoms in total. The molecule has 2 N–H and O–H groups in total. The second kappa shape index (κ2) is 6.32. The first-order chi connectivity index (χ1) is 9.78. The predicted molar refractivity (Wildman–Crippen MR) is 79.8 cm³/mol. The number of amides is 2. The van der Waals surface area contributed by atoms with Gasteiger partial charge in [-0.2, -0.15) is 0 Å². The Labute approximate surface area is 126 Å². The van der Waals surface area contributed by atoms with Crippen LogP contribution in [0.5, 0.6) is 0 Å². The average molecular weight is 297 g/mol. The van der Waals surface area contributed by atoms with E-state index in [9.17, 15) is 9.59 Å². The number of carbonyl (C=O) groups is 2. The van der Waals surface area contributed by atoms with Gasteiger partial charge in [-0.25, -0.2) is 0 Å². The molecule has 3 atom stereocenters. The van der Waals surface area contributed by atoms with E-state index in [1.54, 1.807) is 0 Å². The molecule has 2 fully saturated rings. The molecule has 0 radical (unpaired) electrons. The molecule has 0 aromatic carbocycles.